The average molecular weight is 229 g/mol. The van der Waals surface area contributed by atoms with Crippen molar-refractivity contribution in [3.05, 3.63) is 35.5 Å². The standard InChI is InChI=1S/C14H15NO2/c1-9(2)6-10-4-3-5-12-14(10)11(7-15-12)13(17)8-16/h3-5,7-9,15H,6H2,1-2H3. The lowest BCUT2D eigenvalue weighted by molar-refractivity contribution is -0.104. The summed E-state index contributed by atoms with van der Waals surface area (Å²) in [5, 5.41) is 0.887. The number of H-pyrrole nitrogens is 1. The van der Waals surface area contributed by atoms with E-state index in [-0.39, 0.29) is 0 Å². The minimum absolute atomic E-state index is 0.370. The number of aromatic amines is 1. The zero-order valence-electron chi connectivity index (χ0n) is 9.99. The van der Waals surface area contributed by atoms with E-state index in [9.17, 15) is 9.59 Å². The van der Waals surface area contributed by atoms with E-state index < -0.39 is 5.78 Å². The summed E-state index contributed by atoms with van der Waals surface area (Å²) < 4.78 is 0. The number of Topliss-reactive ketones (excluding diaryl/α,β-unsaturated/α-hetero) is 1. The Balaban J connectivity index is 2.63. The Bertz CT molecular complexity index is 567. The maximum absolute atomic E-state index is 11.5. The SMILES string of the molecule is CC(C)Cc1cccc2[nH]cc(C(=O)C=O)c12. The van der Waals surface area contributed by atoms with Crippen LogP contribution in [0, 0.1) is 5.92 Å². The number of nitrogens with one attached hydrogen (secondary N) is 1. The molecule has 0 bridgehead atoms. The minimum Gasteiger partial charge on any atom is -0.360 e. The lowest BCUT2D eigenvalue weighted by atomic mass is 9.97. The Morgan fingerprint density at radius 2 is 2.18 bits per heavy atom. The number of fused-ring (bicyclic) bond motifs is 1. The molecule has 3 heteroatoms. The molecule has 0 aliphatic heterocycles. The van der Waals surface area contributed by atoms with Crippen LogP contribution in [0.2, 0.25) is 0 Å². The molecule has 0 saturated carbocycles. The number of ketones is 1. The van der Waals surface area contributed by atoms with Crippen molar-refractivity contribution in [2.45, 2.75) is 20.3 Å². The highest BCUT2D eigenvalue weighted by Crippen LogP contribution is 2.24. The van der Waals surface area contributed by atoms with Gasteiger partial charge in [0, 0.05) is 17.1 Å². The number of carbonyl (C=O) groups is 2. The molecular formula is C14H15NO2. The predicted molar refractivity (Wildman–Crippen MR) is 67.2 cm³/mol. The minimum atomic E-state index is -0.465. The highest BCUT2D eigenvalue weighted by Gasteiger charge is 2.14. The van der Waals surface area contributed by atoms with Gasteiger partial charge in [-0.05, 0) is 24.0 Å². The molecule has 0 fully saturated rings. The molecule has 0 amide bonds. The summed E-state index contributed by atoms with van der Waals surface area (Å²) in [5.41, 5.74) is 2.50. The maximum Gasteiger partial charge on any atom is 0.227 e. The van der Waals surface area contributed by atoms with Gasteiger partial charge in [-0.15, -0.1) is 0 Å². The number of hydrogen-bond acceptors (Lipinski definition) is 2. The third kappa shape index (κ3) is 2.13. The van der Waals surface area contributed by atoms with Crippen LogP contribution >= 0.6 is 0 Å². The van der Waals surface area contributed by atoms with Crippen molar-refractivity contribution in [1.82, 2.24) is 4.98 Å². The number of aromatic nitrogens is 1. The first-order chi connectivity index (χ1) is 8.13. The van der Waals surface area contributed by atoms with Gasteiger partial charge in [-0.2, -0.15) is 0 Å². The Kier molecular flexibility index (Phi) is 3.09. The summed E-state index contributed by atoms with van der Waals surface area (Å²) in [6, 6.07) is 5.89. The van der Waals surface area contributed by atoms with Crippen LogP contribution in [-0.2, 0) is 11.2 Å². The second-order valence-corrected chi connectivity index (χ2v) is 4.62. The van der Waals surface area contributed by atoms with Crippen molar-refractivity contribution in [3.8, 4) is 0 Å². The quantitative estimate of drug-likeness (QED) is 0.498. The lowest BCUT2D eigenvalue weighted by Crippen LogP contribution is -2.01. The molecule has 88 valence electrons. The Morgan fingerprint density at radius 3 is 2.82 bits per heavy atom. The molecule has 0 saturated heterocycles. The average Bonchev–Trinajstić information content (AvgIpc) is 2.72. The molecular weight excluding hydrogens is 214 g/mol. The van der Waals surface area contributed by atoms with Gasteiger partial charge in [0.1, 0.15) is 0 Å². The van der Waals surface area contributed by atoms with E-state index >= 15 is 0 Å². The first-order valence-electron chi connectivity index (χ1n) is 5.72. The molecule has 0 spiro atoms. The molecule has 2 aromatic rings. The zero-order chi connectivity index (χ0) is 12.4. The Morgan fingerprint density at radius 1 is 1.41 bits per heavy atom. The van der Waals surface area contributed by atoms with Gasteiger partial charge in [0.25, 0.3) is 0 Å². The van der Waals surface area contributed by atoms with Gasteiger partial charge in [-0.25, -0.2) is 0 Å². The molecule has 1 aromatic carbocycles. The van der Waals surface area contributed by atoms with Crippen molar-refractivity contribution in [2.24, 2.45) is 5.92 Å². The number of aldehydes is 1. The van der Waals surface area contributed by atoms with Crippen LogP contribution < -0.4 is 0 Å². The van der Waals surface area contributed by atoms with Crippen molar-refractivity contribution >= 4 is 23.0 Å². The lowest BCUT2D eigenvalue weighted by Gasteiger charge is -2.07. The number of carbonyl (C=O) groups excluding carboxylic acids is 2. The summed E-state index contributed by atoms with van der Waals surface area (Å²) in [6.45, 7) is 4.26. The van der Waals surface area contributed by atoms with E-state index in [1.165, 1.54) is 0 Å². The van der Waals surface area contributed by atoms with E-state index in [0.717, 1.165) is 22.9 Å². The van der Waals surface area contributed by atoms with Crippen LogP contribution in [0.15, 0.2) is 24.4 Å². The Hall–Kier alpha value is -1.90. The van der Waals surface area contributed by atoms with Gasteiger partial charge in [0.05, 0.1) is 5.56 Å². The molecule has 0 atom stereocenters. The second kappa shape index (κ2) is 4.53. The molecule has 0 aliphatic rings. The predicted octanol–water partition coefficient (Wildman–Crippen LogP) is 2.75. The molecule has 0 aliphatic carbocycles. The number of rotatable bonds is 4. The van der Waals surface area contributed by atoms with Crippen molar-refractivity contribution in [2.75, 3.05) is 0 Å². The van der Waals surface area contributed by atoms with Gasteiger partial charge >= 0.3 is 0 Å². The third-order valence-corrected chi connectivity index (χ3v) is 2.79. The monoisotopic (exact) mass is 229 g/mol. The molecule has 0 unspecified atom stereocenters. The van der Waals surface area contributed by atoms with Crippen molar-refractivity contribution in [1.29, 1.82) is 0 Å². The fraction of sp³-hybridized carbons (Fsp3) is 0.286. The van der Waals surface area contributed by atoms with E-state index in [1.807, 2.05) is 18.2 Å². The van der Waals surface area contributed by atoms with E-state index in [1.54, 1.807) is 6.20 Å². The number of hydrogen-bond donors (Lipinski definition) is 1. The smallest absolute Gasteiger partial charge is 0.227 e. The fourth-order valence-electron chi connectivity index (χ4n) is 2.13. The van der Waals surface area contributed by atoms with Gasteiger partial charge in [-0.3, -0.25) is 9.59 Å². The van der Waals surface area contributed by atoms with Crippen LogP contribution in [0.25, 0.3) is 10.9 Å². The topological polar surface area (TPSA) is 49.9 Å². The molecule has 3 nitrogen and oxygen atoms in total. The highest BCUT2D eigenvalue weighted by molar-refractivity contribution is 6.36. The van der Waals surface area contributed by atoms with E-state index in [2.05, 4.69) is 18.8 Å². The van der Waals surface area contributed by atoms with Crippen LogP contribution in [0.3, 0.4) is 0 Å². The molecule has 1 N–H and O–H groups in total. The number of benzene rings is 1. The van der Waals surface area contributed by atoms with Gasteiger partial charge in [0.15, 0.2) is 6.29 Å². The molecule has 0 radical (unpaired) electrons. The fourth-order valence-corrected chi connectivity index (χ4v) is 2.13. The van der Waals surface area contributed by atoms with Gasteiger partial charge in [0.2, 0.25) is 5.78 Å². The van der Waals surface area contributed by atoms with Gasteiger partial charge in [-0.1, -0.05) is 26.0 Å². The molecule has 1 aromatic heterocycles. The van der Waals surface area contributed by atoms with Crippen LogP contribution in [0.5, 0.6) is 0 Å². The summed E-state index contributed by atoms with van der Waals surface area (Å²) in [7, 11) is 0. The summed E-state index contributed by atoms with van der Waals surface area (Å²) >= 11 is 0. The van der Waals surface area contributed by atoms with E-state index in [0.29, 0.717) is 17.8 Å². The van der Waals surface area contributed by atoms with Crippen molar-refractivity contribution in [3.63, 3.8) is 0 Å². The molecule has 2 rings (SSSR count). The first-order valence-corrected chi connectivity index (χ1v) is 5.72. The summed E-state index contributed by atoms with van der Waals surface area (Å²) in [5.74, 6) is 0.0436. The van der Waals surface area contributed by atoms with Crippen LogP contribution in [0.4, 0.5) is 0 Å². The Labute approximate surface area is 99.8 Å². The van der Waals surface area contributed by atoms with Crippen molar-refractivity contribution < 1.29 is 9.59 Å². The largest absolute Gasteiger partial charge is 0.360 e. The summed E-state index contributed by atoms with van der Waals surface area (Å²) in [4.78, 5) is 25.2. The highest BCUT2D eigenvalue weighted by atomic mass is 16.2. The van der Waals surface area contributed by atoms with Crippen LogP contribution in [0.1, 0.15) is 29.8 Å². The second-order valence-electron chi connectivity index (χ2n) is 4.62. The normalized spacial score (nSPS) is 11.0. The first kappa shape index (κ1) is 11.6. The third-order valence-electron chi connectivity index (χ3n) is 2.79. The van der Waals surface area contributed by atoms with E-state index in [4.69, 9.17) is 0 Å². The molecule has 17 heavy (non-hydrogen) atoms. The maximum atomic E-state index is 11.5. The zero-order valence-corrected chi connectivity index (χ0v) is 9.99. The van der Waals surface area contributed by atoms with Crippen LogP contribution in [-0.4, -0.2) is 17.1 Å². The summed E-state index contributed by atoms with van der Waals surface area (Å²) in [6.07, 6.45) is 2.88. The van der Waals surface area contributed by atoms with Gasteiger partial charge < -0.3 is 4.98 Å². The molecule has 1 heterocycles.